The van der Waals surface area contributed by atoms with Crippen LogP contribution < -0.4 is 5.32 Å². The average Bonchev–Trinajstić information content (AvgIpc) is 2.93. The van der Waals surface area contributed by atoms with Crippen molar-refractivity contribution >= 4 is 23.2 Å². The SMILES string of the molecule is CN(CCNCc1cc(Cl)cc(Cl)c1O)C1CCCC1. The van der Waals surface area contributed by atoms with Gasteiger partial charge in [0.15, 0.2) is 0 Å². The van der Waals surface area contributed by atoms with Crippen LogP contribution in [0.25, 0.3) is 0 Å². The van der Waals surface area contributed by atoms with Crippen molar-refractivity contribution < 1.29 is 5.11 Å². The molecule has 5 heteroatoms. The van der Waals surface area contributed by atoms with E-state index < -0.39 is 0 Å². The van der Waals surface area contributed by atoms with E-state index >= 15 is 0 Å². The Balaban J connectivity index is 1.75. The Morgan fingerprint density at radius 3 is 2.70 bits per heavy atom. The third kappa shape index (κ3) is 4.26. The maximum Gasteiger partial charge on any atom is 0.138 e. The summed E-state index contributed by atoms with van der Waals surface area (Å²) in [6.07, 6.45) is 5.36. The number of hydrogen-bond donors (Lipinski definition) is 2. The number of phenols is 1. The van der Waals surface area contributed by atoms with Crippen molar-refractivity contribution in [2.24, 2.45) is 0 Å². The summed E-state index contributed by atoms with van der Waals surface area (Å²) in [6, 6.07) is 4.04. The van der Waals surface area contributed by atoms with Gasteiger partial charge in [-0.2, -0.15) is 0 Å². The Labute approximate surface area is 130 Å². The lowest BCUT2D eigenvalue weighted by molar-refractivity contribution is 0.245. The lowest BCUT2D eigenvalue weighted by Crippen LogP contribution is -2.35. The minimum absolute atomic E-state index is 0.118. The fraction of sp³-hybridized carbons (Fsp3) is 0.600. The molecule has 0 aromatic heterocycles. The van der Waals surface area contributed by atoms with Gasteiger partial charge in [0.2, 0.25) is 0 Å². The number of nitrogens with one attached hydrogen (secondary N) is 1. The number of rotatable bonds is 6. The Hall–Kier alpha value is -0.480. The summed E-state index contributed by atoms with van der Waals surface area (Å²) in [7, 11) is 2.19. The van der Waals surface area contributed by atoms with Crippen molar-refractivity contribution in [2.75, 3.05) is 20.1 Å². The van der Waals surface area contributed by atoms with Gasteiger partial charge in [-0.05, 0) is 32.0 Å². The summed E-state index contributed by atoms with van der Waals surface area (Å²) >= 11 is 11.8. The van der Waals surface area contributed by atoms with E-state index in [-0.39, 0.29) is 5.75 Å². The van der Waals surface area contributed by atoms with E-state index in [9.17, 15) is 5.11 Å². The first-order chi connectivity index (χ1) is 9.58. The maximum absolute atomic E-state index is 9.86. The molecule has 0 bridgehead atoms. The van der Waals surface area contributed by atoms with E-state index in [2.05, 4.69) is 17.3 Å². The number of benzene rings is 1. The lowest BCUT2D eigenvalue weighted by atomic mass is 10.2. The molecule has 2 N–H and O–H groups in total. The zero-order valence-corrected chi connectivity index (χ0v) is 13.3. The second kappa shape index (κ2) is 7.51. The van der Waals surface area contributed by atoms with Crippen molar-refractivity contribution in [1.82, 2.24) is 10.2 Å². The molecular weight excluding hydrogens is 295 g/mol. The molecule has 0 spiro atoms. The number of halogens is 2. The highest BCUT2D eigenvalue weighted by atomic mass is 35.5. The Morgan fingerprint density at radius 1 is 1.30 bits per heavy atom. The number of nitrogens with zero attached hydrogens (tertiary/aromatic N) is 1. The van der Waals surface area contributed by atoms with Gasteiger partial charge in [-0.25, -0.2) is 0 Å². The third-order valence-corrected chi connectivity index (χ3v) is 4.52. The zero-order valence-electron chi connectivity index (χ0n) is 11.8. The fourth-order valence-corrected chi connectivity index (χ4v) is 3.30. The Bertz CT molecular complexity index is 448. The monoisotopic (exact) mass is 316 g/mol. The molecule has 0 atom stereocenters. The smallest absolute Gasteiger partial charge is 0.138 e. The molecule has 1 aliphatic rings. The third-order valence-electron chi connectivity index (χ3n) is 4.01. The van der Waals surface area contributed by atoms with Gasteiger partial charge in [0.05, 0.1) is 5.02 Å². The van der Waals surface area contributed by atoms with Crippen molar-refractivity contribution in [3.63, 3.8) is 0 Å². The first kappa shape index (κ1) is 15.9. The molecule has 20 heavy (non-hydrogen) atoms. The fourth-order valence-electron chi connectivity index (χ4n) is 2.76. The van der Waals surface area contributed by atoms with Crippen LogP contribution in [0.5, 0.6) is 5.75 Å². The van der Waals surface area contributed by atoms with Gasteiger partial charge in [-0.1, -0.05) is 36.0 Å². The number of hydrogen-bond acceptors (Lipinski definition) is 3. The van der Waals surface area contributed by atoms with Crippen LogP contribution in [0.2, 0.25) is 10.0 Å². The molecule has 1 aromatic rings. The normalized spacial score (nSPS) is 16.2. The topological polar surface area (TPSA) is 35.5 Å². The standard InChI is InChI=1S/C15H22Cl2N2O/c1-19(13-4-2-3-5-13)7-6-18-10-11-8-12(16)9-14(17)15(11)20/h8-9,13,18,20H,2-7,10H2,1H3. The van der Waals surface area contributed by atoms with Gasteiger partial charge < -0.3 is 15.3 Å². The van der Waals surface area contributed by atoms with E-state index in [0.29, 0.717) is 16.6 Å². The summed E-state index contributed by atoms with van der Waals surface area (Å²) in [5.41, 5.74) is 0.742. The molecule has 1 aromatic carbocycles. The zero-order chi connectivity index (χ0) is 14.5. The van der Waals surface area contributed by atoms with E-state index in [1.807, 2.05) is 0 Å². The quantitative estimate of drug-likeness (QED) is 0.786. The van der Waals surface area contributed by atoms with Gasteiger partial charge in [-0.3, -0.25) is 0 Å². The molecule has 0 saturated heterocycles. The van der Waals surface area contributed by atoms with Crippen LogP contribution in [0.3, 0.4) is 0 Å². The first-order valence-electron chi connectivity index (χ1n) is 7.16. The molecule has 0 amide bonds. The molecule has 1 fully saturated rings. The molecular formula is C15H22Cl2N2O. The summed E-state index contributed by atoms with van der Waals surface area (Å²) in [5, 5.41) is 14.0. The molecule has 0 heterocycles. The summed E-state index contributed by atoms with van der Waals surface area (Å²) < 4.78 is 0. The minimum atomic E-state index is 0.118. The average molecular weight is 317 g/mol. The van der Waals surface area contributed by atoms with Crippen LogP contribution in [0.15, 0.2) is 12.1 Å². The molecule has 0 aliphatic heterocycles. The van der Waals surface area contributed by atoms with Gasteiger partial charge in [0, 0.05) is 36.3 Å². The lowest BCUT2D eigenvalue weighted by Gasteiger charge is -2.24. The van der Waals surface area contributed by atoms with Crippen LogP contribution >= 0.6 is 23.2 Å². The van der Waals surface area contributed by atoms with Crippen LogP contribution in [0.1, 0.15) is 31.2 Å². The highest BCUT2D eigenvalue weighted by molar-refractivity contribution is 6.35. The Kier molecular flexibility index (Phi) is 5.97. The van der Waals surface area contributed by atoms with Crippen LogP contribution in [-0.2, 0) is 6.54 Å². The molecule has 112 valence electrons. The van der Waals surface area contributed by atoms with Crippen LogP contribution in [-0.4, -0.2) is 36.2 Å². The second-order valence-electron chi connectivity index (χ2n) is 5.49. The van der Waals surface area contributed by atoms with E-state index in [1.165, 1.54) is 25.7 Å². The van der Waals surface area contributed by atoms with Crippen LogP contribution in [0.4, 0.5) is 0 Å². The van der Waals surface area contributed by atoms with Gasteiger partial charge in [0.1, 0.15) is 5.75 Å². The van der Waals surface area contributed by atoms with E-state index in [0.717, 1.165) is 24.7 Å². The first-order valence-corrected chi connectivity index (χ1v) is 7.91. The maximum atomic E-state index is 9.86. The highest BCUT2D eigenvalue weighted by Crippen LogP contribution is 2.30. The van der Waals surface area contributed by atoms with Crippen molar-refractivity contribution in [1.29, 1.82) is 0 Å². The highest BCUT2D eigenvalue weighted by Gasteiger charge is 2.18. The summed E-state index contributed by atoms with van der Waals surface area (Å²) in [6.45, 7) is 2.47. The van der Waals surface area contributed by atoms with Gasteiger partial charge in [-0.15, -0.1) is 0 Å². The molecule has 3 nitrogen and oxygen atoms in total. The summed E-state index contributed by atoms with van der Waals surface area (Å²) in [5.74, 6) is 0.118. The largest absolute Gasteiger partial charge is 0.506 e. The van der Waals surface area contributed by atoms with Crippen molar-refractivity contribution in [3.8, 4) is 5.75 Å². The molecule has 0 radical (unpaired) electrons. The van der Waals surface area contributed by atoms with Crippen molar-refractivity contribution in [3.05, 3.63) is 27.7 Å². The predicted octanol–water partition coefficient (Wildman–Crippen LogP) is 3.66. The number of phenolic OH excluding ortho intramolecular Hbond substituents is 1. The van der Waals surface area contributed by atoms with E-state index in [1.54, 1.807) is 12.1 Å². The molecule has 0 unspecified atom stereocenters. The van der Waals surface area contributed by atoms with Gasteiger partial charge in [0.25, 0.3) is 0 Å². The summed E-state index contributed by atoms with van der Waals surface area (Å²) in [4.78, 5) is 2.42. The number of aromatic hydroxyl groups is 1. The molecule has 1 saturated carbocycles. The Morgan fingerprint density at radius 2 is 2.00 bits per heavy atom. The van der Waals surface area contributed by atoms with Gasteiger partial charge >= 0.3 is 0 Å². The predicted molar refractivity (Wildman–Crippen MR) is 84.7 cm³/mol. The second-order valence-corrected chi connectivity index (χ2v) is 6.33. The van der Waals surface area contributed by atoms with Crippen molar-refractivity contribution in [2.45, 2.75) is 38.3 Å². The minimum Gasteiger partial charge on any atom is -0.506 e. The van der Waals surface area contributed by atoms with E-state index in [4.69, 9.17) is 23.2 Å². The molecule has 2 rings (SSSR count). The van der Waals surface area contributed by atoms with Crippen LogP contribution in [0, 0.1) is 0 Å². The molecule has 1 aliphatic carbocycles. The number of likely N-dealkylation sites (N-methyl/N-ethyl adjacent to an activating group) is 1.